The highest BCUT2D eigenvalue weighted by Crippen LogP contribution is 2.07. The number of nitrogens with one attached hydrogen (secondary N) is 1. The van der Waals surface area contributed by atoms with Crippen LogP contribution >= 0.6 is 0 Å². The summed E-state index contributed by atoms with van der Waals surface area (Å²) in [6, 6.07) is 0. The Bertz CT molecular complexity index is 81.6. The Morgan fingerprint density at radius 2 is 1.91 bits per heavy atom. The molecule has 0 bridgehead atoms. The van der Waals surface area contributed by atoms with Crippen LogP contribution < -0.4 is 5.32 Å². The van der Waals surface area contributed by atoms with Gasteiger partial charge in [-0.2, -0.15) is 0 Å². The van der Waals surface area contributed by atoms with E-state index in [-0.39, 0.29) is 5.60 Å². The lowest BCUT2D eigenvalue weighted by atomic mass is 10.1. The van der Waals surface area contributed by atoms with Crippen molar-refractivity contribution in [1.29, 1.82) is 0 Å². The highest BCUT2D eigenvalue weighted by Gasteiger charge is 2.16. The molecule has 0 aromatic carbocycles. The van der Waals surface area contributed by atoms with Gasteiger partial charge in [-0.3, -0.25) is 0 Å². The van der Waals surface area contributed by atoms with Crippen molar-refractivity contribution in [2.75, 3.05) is 19.7 Å². The molecule has 0 unspecified atom stereocenters. The SMILES string of the molecule is CCCOC(C)(C)CNCC. The van der Waals surface area contributed by atoms with Crippen molar-refractivity contribution < 1.29 is 4.74 Å². The molecule has 0 aliphatic rings. The fraction of sp³-hybridized carbons (Fsp3) is 1.00. The Hall–Kier alpha value is -0.0800. The lowest BCUT2D eigenvalue weighted by Crippen LogP contribution is -2.37. The summed E-state index contributed by atoms with van der Waals surface area (Å²) in [4.78, 5) is 0. The van der Waals surface area contributed by atoms with Crippen LogP contribution in [-0.4, -0.2) is 25.3 Å². The largest absolute Gasteiger partial charge is 0.374 e. The molecule has 0 saturated heterocycles. The van der Waals surface area contributed by atoms with E-state index < -0.39 is 0 Å². The van der Waals surface area contributed by atoms with Crippen LogP contribution in [-0.2, 0) is 4.74 Å². The van der Waals surface area contributed by atoms with Gasteiger partial charge in [0.1, 0.15) is 0 Å². The molecule has 0 atom stereocenters. The topological polar surface area (TPSA) is 21.3 Å². The number of ether oxygens (including phenoxy) is 1. The number of hydrogen-bond acceptors (Lipinski definition) is 2. The molecule has 1 N–H and O–H groups in total. The van der Waals surface area contributed by atoms with Gasteiger partial charge in [-0.05, 0) is 26.8 Å². The third-order valence-corrected chi connectivity index (χ3v) is 1.50. The maximum Gasteiger partial charge on any atom is 0.0750 e. The Kier molecular flexibility index (Phi) is 5.51. The third kappa shape index (κ3) is 6.32. The molecule has 0 radical (unpaired) electrons. The van der Waals surface area contributed by atoms with Gasteiger partial charge in [-0.15, -0.1) is 0 Å². The summed E-state index contributed by atoms with van der Waals surface area (Å²) >= 11 is 0. The number of rotatable bonds is 6. The summed E-state index contributed by atoms with van der Waals surface area (Å²) < 4.78 is 5.62. The number of likely N-dealkylation sites (N-methyl/N-ethyl adjacent to an activating group) is 1. The molecule has 0 aliphatic heterocycles. The van der Waals surface area contributed by atoms with E-state index in [1.54, 1.807) is 0 Å². The highest BCUT2D eigenvalue weighted by atomic mass is 16.5. The van der Waals surface area contributed by atoms with Gasteiger partial charge in [0.2, 0.25) is 0 Å². The van der Waals surface area contributed by atoms with Crippen LogP contribution in [0.1, 0.15) is 34.1 Å². The van der Waals surface area contributed by atoms with Gasteiger partial charge >= 0.3 is 0 Å². The van der Waals surface area contributed by atoms with E-state index in [0.717, 1.165) is 26.1 Å². The monoisotopic (exact) mass is 159 g/mol. The second kappa shape index (κ2) is 5.56. The minimum atomic E-state index is -0.00792. The molecule has 0 heterocycles. The summed E-state index contributed by atoms with van der Waals surface area (Å²) in [5, 5.41) is 3.27. The van der Waals surface area contributed by atoms with Gasteiger partial charge in [0, 0.05) is 13.2 Å². The maximum atomic E-state index is 5.62. The summed E-state index contributed by atoms with van der Waals surface area (Å²) in [5.74, 6) is 0. The van der Waals surface area contributed by atoms with Crippen molar-refractivity contribution in [2.24, 2.45) is 0 Å². The first kappa shape index (κ1) is 10.9. The average Bonchev–Trinajstić information content (AvgIpc) is 1.97. The molecule has 0 rings (SSSR count). The normalized spacial score (nSPS) is 12.0. The maximum absolute atomic E-state index is 5.62. The van der Waals surface area contributed by atoms with E-state index in [1.807, 2.05) is 0 Å². The molecule has 0 aliphatic carbocycles. The van der Waals surface area contributed by atoms with Crippen LogP contribution in [0.4, 0.5) is 0 Å². The lowest BCUT2D eigenvalue weighted by Gasteiger charge is -2.25. The molecular weight excluding hydrogens is 138 g/mol. The first-order chi connectivity index (χ1) is 5.12. The molecule has 0 fully saturated rings. The van der Waals surface area contributed by atoms with Crippen molar-refractivity contribution in [3.05, 3.63) is 0 Å². The van der Waals surface area contributed by atoms with E-state index in [0.29, 0.717) is 0 Å². The lowest BCUT2D eigenvalue weighted by molar-refractivity contribution is -0.0155. The van der Waals surface area contributed by atoms with Crippen LogP contribution in [0.15, 0.2) is 0 Å². The van der Waals surface area contributed by atoms with Crippen LogP contribution in [0.3, 0.4) is 0 Å². The van der Waals surface area contributed by atoms with Crippen LogP contribution in [0, 0.1) is 0 Å². The molecule has 2 nitrogen and oxygen atoms in total. The van der Waals surface area contributed by atoms with Crippen molar-refractivity contribution in [3.8, 4) is 0 Å². The van der Waals surface area contributed by atoms with E-state index in [9.17, 15) is 0 Å². The third-order valence-electron chi connectivity index (χ3n) is 1.50. The molecule has 0 saturated carbocycles. The zero-order valence-corrected chi connectivity index (χ0v) is 8.24. The van der Waals surface area contributed by atoms with E-state index in [2.05, 4.69) is 33.0 Å². The first-order valence-corrected chi connectivity index (χ1v) is 4.47. The van der Waals surface area contributed by atoms with Crippen molar-refractivity contribution in [3.63, 3.8) is 0 Å². The minimum Gasteiger partial charge on any atom is -0.374 e. The second-order valence-electron chi connectivity index (χ2n) is 3.39. The Morgan fingerprint density at radius 3 is 2.36 bits per heavy atom. The van der Waals surface area contributed by atoms with Crippen molar-refractivity contribution >= 4 is 0 Å². The van der Waals surface area contributed by atoms with Crippen LogP contribution in [0.2, 0.25) is 0 Å². The van der Waals surface area contributed by atoms with Gasteiger partial charge in [-0.25, -0.2) is 0 Å². The zero-order valence-electron chi connectivity index (χ0n) is 8.24. The molecule has 0 amide bonds. The summed E-state index contributed by atoms with van der Waals surface area (Å²) in [6.45, 7) is 11.3. The molecular formula is C9H21NO. The molecule has 68 valence electrons. The van der Waals surface area contributed by atoms with E-state index in [4.69, 9.17) is 4.74 Å². The zero-order chi connectivity index (χ0) is 8.74. The fourth-order valence-corrected chi connectivity index (χ4v) is 0.855. The Balaban J connectivity index is 3.43. The van der Waals surface area contributed by atoms with E-state index >= 15 is 0 Å². The molecule has 0 aromatic heterocycles. The predicted octanol–water partition coefficient (Wildman–Crippen LogP) is 1.80. The number of hydrogen-bond donors (Lipinski definition) is 1. The quantitative estimate of drug-likeness (QED) is 0.638. The molecule has 11 heavy (non-hydrogen) atoms. The van der Waals surface area contributed by atoms with Gasteiger partial charge in [0.25, 0.3) is 0 Å². The van der Waals surface area contributed by atoms with Gasteiger partial charge in [0.15, 0.2) is 0 Å². The Morgan fingerprint density at radius 1 is 1.27 bits per heavy atom. The van der Waals surface area contributed by atoms with E-state index in [1.165, 1.54) is 0 Å². The predicted molar refractivity (Wildman–Crippen MR) is 48.9 cm³/mol. The standard InChI is InChI=1S/C9H21NO/c1-5-7-11-9(3,4)8-10-6-2/h10H,5-8H2,1-4H3. The second-order valence-corrected chi connectivity index (χ2v) is 3.39. The summed E-state index contributed by atoms with van der Waals surface area (Å²) in [7, 11) is 0. The first-order valence-electron chi connectivity index (χ1n) is 4.47. The van der Waals surface area contributed by atoms with Gasteiger partial charge in [0.05, 0.1) is 5.60 Å². The summed E-state index contributed by atoms with van der Waals surface area (Å²) in [5.41, 5.74) is -0.00792. The van der Waals surface area contributed by atoms with Crippen molar-refractivity contribution in [1.82, 2.24) is 5.32 Å². The highest BCUT2D eigenvalue weighted by molar-refractivity contribution is 4.70. The molecule has 2 heteroatoms. The smallest absolute Gasteiger partial charge is 0.0750 e. The molecule has 0 aromatic rings. The van der Waals surface area contributed by atoms with Crippen LogP contribution in [0.25, 0.3) is 0 Å². The average molecular weight is 159 g/mol. The van der Waals surface area contributed by atoms with Gasteiger partial charge in [-0.1, -0.05) is 13.8 Å². The summed E-state index contributed by atoms with van der Waals surface area (Å²) in [6.07, 6.45) is 1.09. The van der Waals surface area contributed by atoms with Gasteiger partial charge < -0.3 is 10.1 Å². The Labute approximate surface area is 70.3 Å². The van der Waals surface area contributed by atoms with Crippen molar-refractivity contribution in [2.45, 2.75) is 39.7 Å². The molecule has 0 spiro atoms. The van der Waals surface area contributed by atoms with Crippen LogP contribution in [0.5, 0.6) is 0 Å². The fourth-order valence-electron chi connectivity index (χ4n) is 0.855. The minimum absolute atomic E-state index is 0.00792.